The molecule has 0 radical (unpaired) electrons. The molecule has 1 fully saturated rings. The molecule has 0 aromatic rings. The highest BCUT2D eigenvalue weighted by Crippen LogP contribution is 2.65. The van der Waals surface area contributed by atoms with Crippen molar-refractivity contribution in [1.29, 1.82) is 0 Å². The second-order valence-electron chi connectivity index (χ2n) is 8.88. The zero-order valence-corrected chi connectivity index (χ0v) is 16.8. The molecule has 2 rings (SSSR count). The molecule has 0 heterocycles. The minimum absolute atomic E-state index is 0.0889. The maximum Gasteiger partial charge on any atom is 0.210 e. The summed E-state index contributed by atoms with van der Waals surface area (Å²) in [6.45, 7) is 16.3. The van der Waals surface area contributed by atoms with Gasteiger partial charge in [-0.15, -0.1) is 0 Å². The average molecular weight is 341 g/mol. The molecule has 0 aromatic carbocycles. The number of fused-ring (bicyclic) bond motifs is 1. The van der Waals surface area contributed by atoms with Crippen molar-refractivity contribution in [3.63, 3.8) is 0 Å². The van der Waals surface area contributed by atoms with Crippen LogP contribution in [0, 0.1) is 5.41 Å². The summed E-state index contributed by atoms with van der Waals surface area (Å²) < 4.78 is 11.8. The molecule has 1 unspecified atom stereocenters. The average Bonchev–Trinajstić information content (AvgIpc) is 2.72. The third-order valence-electron chi connectivity index (χ3n) is 5.29. The van der Waals surface area contributed by atoms with E-state index < -0.39 is 19.1 Å². The summed E-state index contributed by atoms with van der Waals surface area (Å²) in [6.07, 6.45) is 1.32. The fraction of sp³-hybridized carbons (Fsp3) is 0.833. The number of allylic oxidation sites excluding steroid dienone is 1. The van der Waals surface area contributed by atoms with E-state index in [4.69, 9.17) is 9.47 Å². The first-order valence-electron chi connectivity index (χ1n) is 8.71. The Labute approximate surface area is 141 Å². The minimum atomic E-state index is -1.69. The molecule has 132 valence electrons. The molecule has 0 aromatic heterocycles. The normalized spacial score (nSPS) is 34.6. The van der Waals surface area contributed by atoms with E-state index in [1.165, 1.54) is 0 Å². The number of carbonyl (C=O) groups excluding carboxylic acids is 1. The van der Waals surface area contributed by atoms with Crippen molar-refractivity contribution in [2.75, 3.05) is 0 Å². The first-order valence-corrected chi connectivity index (χ1v) is 12.3. The van der Waals surface area contributed by atoms with Gasteiger partial charge < -0.3 is 14.6 Å². The van der Waals surface area contributed by atoms with Gasteiger partial charge in [0, 0.05) is 0 Å². The highest BCUT2D eigenvalue weighted by atomic mass is 28.3. The number of rotatable bonds is 5. The maximum absolute atomic E-state index is 13.1. The standard InChI is InChI=1S/C18H32O4Si/c1-11(2)21-14-15(19)17(5)10-9-13(23(6,7)8)18(17,20)16(14)22-12(3)4/h11-13,20H,9-10H2,1-8H3/t13?,17-,18-/m1/s1. The SMILES string of the molecule is CC(C)OC1=C(OC(C)C)[C@]2(O)C([Si](C)(C)C)CC[C@]2(C)C1=O. The summed E-state index contributed by atoms with van der Waals surface area (Å²) in [4.78, 5) is 13.1. The fourth-order valence-corrected chi connectivity index (χ4v) is 6.93. The molecule has 4 nitrogen and oxygen atoms in total. The van der Waals surface area contributed by atoms with E-state index in [1.54, 1.807) is 0 Å². The number of hydrogen-bond acceptors (Lipinski definition) is 4. The van der Waals surface area contributed by atoms with Gasteiger partial charge in [-0.05, 0) is 53.0 Å². The first-order chi connectivity index (χ1) is 10.4. The van der Waals surface area contributed by atoms with E-state index in [-0.39, 0.29) is 29.3 Å². The van der Waals surface area contributed by atoms with Gasteiger partial charge in [-0.25, -0.2) is 0 Å². The number of carbonyl (C=O) groups is 1. The van der Waals surface area contributed by atoms with E-state index in [0.717, 1.165) is 6.42 Å². The Morgan fingerprint density at radius 1 is 1.13 bits per heavy atom. The van der Waals surface area contributed by atoms with Gasteiger partial charge in [-0.3, -0.25) is 4.79 Å². The van der Waals surface area contributed by atoms with E-state index in [2.05, 4.69) is 19.6 Å². The van der Waals surface area contributed by atoms with E-state index in [0.29, 0.717) is 12.2 Å². The fourth-order valence-electron chi connectivity index (χ4n) is 4.22. The predicted molar refractivity (Wildman–Crippen MR) is 93.9 cm³/mol. The van der Waals surface area contributed by atoms with Crippen LogP contribution >= 0.6 is 0 Å². The number of aliphatic hydroxyl groups is 1. The highest BCUT2D eigenvalue weighted by Gasteiger charge is 2.72. The summed E-state index contributed by atoms with van der Waals surface area (Å²) in [6, 6.07) is 0. The summed E-state index contributed by atoms with van der Waals surface area (Å²) >= 11 is 0. The molecule has 0 amide bonds. The van der Waals surface area contributed by atoms with Crippen molar-refractivity contribution in [3.05, 3.63) is 11.5 Å². The summed E-state index contributed by atoms with van der Waals surface area (Å²) in [5.41, 5.74) is -1.97. The van der Waals surface area contributed by atoms with Crippen LogP contribution in [0.25, 0.3) is 0 Å². The molecule has 1 saturated carbocycles. The van der Waals surface area contributed by atoms with Crippen molar-refractivity contribution < 1.29 is 19.4 Å². The van der Waals surface area contributed by atoms with Gasteiger partial charge in [0.25, 0.3) is 0 Å². The van der Waals surface area contributed by atoms with Crippen molar-refractivity contribution >= 4 is 13.9 Å². The number of hydrogen-bond donors (Lipinski definition) is 1. The van der Waals surface area contributed by atoms with E-state index in [9.17, 15) is 9.90 Å². The summed E-state index contributed by atoms with van der Waals surface area (Å²) in [7, 11) is -1.69. The van der Waals surface area contributed by atoms with Crippen LogP contribution in [0.5, 0.6) is 0 Å². The van der Waals surface area contributed by atoms with Gasteiger partial charge in [0.05, 0.1) is 25.7 Å². The number of ketones is 1. The monoisotopic (exact) mass is 340 g/mol. The Hall–Kier alpha value is -0.813. The van der Waals surface area contributed by atoms with Crippen molar-refractivity contribution in [2.24, 2.45) is 5.41 Å². The van der Waals surface area contributed by atoms with Gasteiger partial charge in [0.2, 0.25) is 11.5 Å². The second kappa shape index (κ2) is 5.62. The van der Waals surface area contributed by atoms with Crippen molar-refractivity contribution in [3.8, 4) is 0 Å². The molecule has 5 heteroatoms. The molecule has 0 spiro atoms. The van der Waals surface area contributed by atoms with Crippen LogP contribution in [0.4, 0.5) is 0 Å². The summed E-state index contributed by atoms with van der Waals surface area (Å²) in [5.74, 6) is 0.547. The zero-order valence-electron chi connectivity index (χ0n) is 15.8. The first kappa shape index (κ1) is 18.5. The molecule has 2 aliphatic rings. The molecular weight excluding hydrogens is 308 g/mol. The molecular formula is C18H32O4Si. The topological polar surface area (TPSA) is 55.8 Å². The van der Waals surface area contributed by atoms with Gasteiger partial charge in [-0.1, -0.05) is 19.6 Å². The van der Waals surface area contributed by atoms with Gasteiger partial charge in [-0.2, -0.15) is 0 Å². The third kappa shape index (κ3) is 2.66. The van der Waals surface area contributed by atoms with Crippen LogP contribution in [0.1, 0.15) is 47.5 Å². The Morgan fingerprint density at radius 2 is 1.65 bits per heavy atom. The highest BCUT2D eigenvalue weighted by molar-refractivity contribution is 6.78. The Balaban J connectivity index is 2.63. The van der Waals surface area contributed by atoms with Crippen LogP contribution in [-0.4, -0.2) is 36.8 Å². The minimum Gasteiger partial charge on any atom is -0.488 e. The molecule has 0 saturated heterocycles. The summed E-state index contributed by atoms with van der Waals surface area (Å²) in [5, 5.41) is 11.8. The van der Waals surface area contributed by atoms with Crippen LogP contribution in [0.15, 0.2) is 11.5 Å². The quantitative estimate of drug-likeness (QED) is 0.772. The second-order valence-corrected chi connectivity index (χ2v) is 14.3. The third-order valence-corrected chi connectivity index (χ3v) is 8.09. The Kier molecular flexibility index (Phi) is 4.53. The van der Waals surface area contributed by atoms with Crippen LogP contribution in [-0.2, 0) is 14.3 Å². The molecule has 0 aliphatic heterocycles. The van der Waals surface area contributed by atoms with Crippen LogP contribution < -0.4 is 0 Å². The lowest BCUT2D eigenvalue weighted by Gasteiger charge is -2.42. The Morgan fingerprint density at radius 3 is 2.09 bits per heavy atom. The lowest BCUT2D eigenvalue weighted by Crippen LogP contribution is -2.52. The molecule has 2 aliphatic carbocycles. The van der Waals surface area contributed by atoms with Crippen LogP contribution in [0.3, 0.4) is 0 Å². The van der Waals surface area contributed by atoms with Crippen molar-refractivity contribution in [1.82, 2.24) is 0 Å². The van der Waals surface area contributed by atoms with Crippen molar-refractivity contribution in [2.45, 2.75) is 90.5 Å². The zero-order chi connectivity index (χ0) is 17.8. The lowest BCUT2D eigenvalue weighted by molar-refractivity contribution is -0.134. The van der Waals surface area contributed by atoms with Gasteiger partial charge >= 0.3 is 0 Å². The van der Waals surface area contributed by atoms with E-state index >= 15 is 0 Å². The predicted octanol–water partition coefficient (Wildman–Crippen LogP) is 3.87. The van der Waals surface area contributed by atoms with Gasteiger partial charge in [0.1, 0.15) is 5.60 Å². The van der Waals surface area contributed by atoms with Gasteiger partial charge in [0.15, 0.2) is 5.76 Å². The smallest absolute Gasteiger partial charge is 0.210 e. The number of Topliss-reactive ketones (excluding diaryl/α,β-unsaturated/α-hetero) is 1. The molecule has 0 bridgehead atoms. The molecule has 23 heavy (non-hydrogen) atoms. The molecule has 1 N–H and O–H groups in total. The largest absolute Gasteiger partial charge is 0.488 e. The maximum atomic E-state index is 13.1. The Bertz CT molecular complexity index is 532. The van der Waals surface area contributed by atoms with E-state index in [1.807, 2.05) is 34.6 Å². The van der Waals surface area contributed by atoms with Crippen LogP contribution in [0.2, 0.25) is 25.2 Å². The lowest BCUT2D eigenvalue weighted by atomic mass is 9.76. The molecule has 3 atom stereocenters. The number of ether oxygens (including phenoxy) is 2.